The lowest BCUT2D eigenvalue weighted by atomic mass is 10.2. The first-order valence-corrected chi connectivity index (χ1v) is 8.66. The summed E-state index contributed by atoms with van der Waals surface area (Å²) < 4.78 is 5.57. The van der Waals surface area contributed by atoms with Gasteiger partial charge in [-0.3, -0.25) is 0 Å². The highest BCUT2D eigenvalue weighted by Crippen LogP contribution is 2.35. The highest BCUT2D eigenvalue weighted by molar-refractivity contribution is 14.1. The van der Waals surface area contributed by atoms with Gasteiger partial charge in [-0.25, -0.2) is 9.98 Å². The average molecular weight is 460 g/mol. The number of hydrogen-bond donors (Lipinski definition) is 1. The number of hydrogen-bond acceptors (Lipinski definition) is 5. The molecule has 1 N–H and O–H groups in total. The van der Waals surface area contributed by atoms with Crippen molar-refractivity contribution < 1.29 is 3.07 Å². The highest BCUT2D eigenvalue weighted by atomic mass is 127. The molecule has 0 bridgehead atoms. The van der Waals surface area contributed by atoms with Crippen LogP contribution in [0.1, 0.15) is 11.1 Å². The lowest BCUT2D eigenvalue weighted by Crippen LogP contribution is -1.90. The van der Waals surface area contributed by atoms with Crippen LogP contribution in [0, 0.1) is 4.77 Å². The summed E-state index contributed by atoms with van der Waals surface area (Å²) in [7, 11) is 0. The summed E-state index contributed by atoms with van der Waals surface area (Å²) in [6.07, 6.45) is 3.47. The van der Waals surface area contributed by atoms with E-state index in [2.05, 4.69) is 20.0 Å². The summed E-state index contributed by atoms with van der Waals surface area (Å²) in [6.45, 7) is 0. The molecule has 0 fully saturated rings. The molecule has 0 aliphatic carbocycles. The number of rotatable bonds is 5. The molecule has 0 amide bonds. The van der Waals surface area contributed by atoms with Gasteiger partial charge in [0.15, 0.2) is 34.5 Å². The van der Waals surface area contributed by atoms with Crippen LogP contribution in [0.25, 0.3) is 0 Å². The molecule has 1 heterocycles. The zero-order valence-corrected chi connectivity index (χ0v) is 15.9. The molecule has 1 aromatic heterocycles. The van der Waals surface area contributed by atoms with E-state index in [0.29, 0.717) is 17.4 Å². The van der Waals surface area contributed by atoms with Gasteiger partial charge in [-0.05, 0) is 23.3 Å². The maximum Gasteiger partial charge on any atom is 0.257 e. The monoisotopic (exact) mass is 460 g/mol. The van der Waals surface area contributed by atoms with Gasteiger partial charge in [-0.2, -0.15) is 4.98 Å². The second-order valence-electron chi connectivity index (χ2n) is 4.96. The van der Waals surface area contributed by atoms with Crippen LogP contribution in [0.5, 0.6) is 5.88 Å². The molecule has 5 nitrogen and oxygen atoms in total. The molecule has 124 valence electrons. The molecule has 0 saturated heterocycles. The van der Waals surface area contributed by atoms with Crippen molar-refractivity contribution in [3.63, 3.8) is 0 Å². The average Bonchev–Trinajstić information content (AvgIpc) is 2.66. The molecule has 25 heavy (non-hydrogen) atoms. The van der Waals surface area contributed by atoms with Crippen molar-refractivity contribution in [3.05, 3.63) is 76.6 Å². The van der Waals surface area contributed by atoms with Gasteiger partial charge >= 0.3 is 0 Å². The van der Waals surface area contributed by atoms with Crippen molar-refractivity contribution in [1.82, 2.24) is 9.97 Å². The number of H-pyrrole nitrogens is 1. The Morgan fingerprint density at radius 2 is 1.48 bits per heavy atom. The summed E-state index contributed by atoms with van der Waals surface area (Å²) in [4.78, 5) is 16.1. The number of aromatic nitrogens is 2. The second-order valence-corrected chi connectivity index (χ2v) is 5.79. The van der Waals surface area contributed by atoms with E-state index in [4.69, 9.17) is 15.3 Å². The van der Waals surface area contributed by atoms with Gasteiger partial charge in [0.2, 0.25) is 4.77 Å². The number of aliphatic imine (C=N–C) groups is 2. The van der Waals surface area contributed by atoms with E-state index in [0.717, 1.165) is 11.1 Å². The summed E-state index contributed by atoms with van der Waals surface area (Å²) in [5, 5.41) is 0. The lowest BCUT2D eigenvalue weighted by molar-refractivity contribution is 0.676. The molecule has 0 unspecified atom stereocenters. The molecule has 0 saturated carbocycles. The van der Waals surface area contributed by atoms with Crippen LogP contribution >= 0.6 is 35.2 Å². The van der Waals surface area contributed by atoms with E-state index >= 15 is 0 Å². The minimum atomic E-state index is 0.283. The standard InChI is InChI=1S/C18H13IN4OS/c19-24-17-15(20-11-13-7-3-1-4-8-13)16(22-18(25)23-17)21-12-14-9-5-2-6-10-14/h1-12H,(H,22,23,25). The van der Waals surface area contributed by atoms with Gasteiger partial charge in [-0.15, -0.1) is 0 Å². The molecular formula is C18H13IN4OS. The van der Waals surface area contributed by atoms with E-state index in [-0.39, 0.29) is 4.77 Å². The van der Waals surface area contributed by atoms with E-state index in [1.165, 1.54) is 0 Å². The van der Waals surface area contributed by atoms with Gasteiger partial charge in [0, 0.05) is 12.4 Å². The molecule has 0 radical (unpaired) electrons. The predicted molar refractivity (Wildman–Crippen MR) is 111 cm³/mol. The van der Waals surface area contributed by atoms with Crippen molar-refractivity contribution in [3.8, 4) is 5.88 Å². The molecule has 2 aromatic carbocycles. The third-order valence-corrected chi connectivity index (χ3v) is 3.82. The van der Waals surface area contributed by atoms with Gasteiger partial charge < -0.3 is 8.05 Å². The van der Waals surface area contributed by atoms with Crippen molar-refractivity contribution in [2.75, 3.05) is 0 Å². The maximum absolute atomic E-state index is 5.29. The molecule has 3 rings (SSSR count). The fraction of sp³-hybridized carbons (Fsp3) is 0. The number of halogens is 1. The first-order valence-electron chi connectivity index (χ1n) is 7.37. The van der Waals surface area contributed by atoms with Crippen molar-refractivity contribution in [1.29, 1.82) is 0 Å². The summed E-state index contributed by atoms with van der Waals surface area (Å²) in [5.74, 6) is 0.805. The van der Waals surface area contributed by atoms with Gasteiger partial charge in [0.25, 0.3) is 5.88 Å². The molecule has 0 atom stereocenters. The Labute approximate surface area is 164 Å². The minimum Gasteiger partial charge on any atom is -0.406 e. The number of aromatic amines is 1. The zero-order chi connectivity index (χ0) is 17.5. The normalized spacial score (nSPS) is 11.2. The summed E-state index contributed by atoms with van der Waals surface area (Å²) in [6, 6.07) is 19.5. The lowest BCUT2D eigenvalue weighted by Gasteiger charge is -2.05. The van der Waals surface area contributed by atoms with Crippen LogP contribution in [0.2, 0.25) is 0 Å². The van der Waals surface area contributed by atoms with Gasteiger partial charge in [-0.1, -0.05) is 60.7 Å². The van der Waals surface area contributed by atoms with Crippen molar-refractivity contribution >= 4 is 59.2 Å². The molecule has 3 aromatic rings. The Morgan fingerprint density at radius 1 is 0.920 bits per heavy atom. The Bertz CT molecular complexity index is 956. The van der Waals surface area contributed by atoms with Crippen LogP contribution in [0.4, 0.5) is 11.5 Å². The first kappa shape index (κ1) is 17.4. The SMILES string of the molecule is S=c1nc(OI)c(N=Cc2ccccc2)c(N=Cc2ccccc2)[nH]1. The minimum absolute atomic E-state index is 0.283. The molecule has 0 aliphatic heterocycles. The van der Waals surface area contributed by atoms with Crippen LogP contribution in [-0.2, 0) is 0 Å². The molecule has 0 spiro atoms. The Hall–Kier alpha value is -2.39. The van der Waals surface area contributed by atoms with Crippen molar-refractivity contribution in [2.24, 2.45) is 9.98 Å². The van der Waals surface area contributed by atoms with E-state index in [1.807, 2.05) is 60.7 Å². The third kappa shape index (κ3) is 4.80. The predicted octanol–water partition coefficient (Wildman–Crippen LogP) is 5.37. The van der Waals surface area contributed by atoms with Crippen LogP contribution in [0.15, 0.2) is 70.6 Å². The number of benzene rings is 2. The Morgan fingerprint density at radius 3 is 2.04 bits per heavy atom. The second kappa shape index (κ2) is 8.63. The Balaban J connectivity index is 2.02. The zero-order valence-electron chi connectivity index (χ0n) is 13.0. The van der Waals surface area contributed by atoms with E-state index < -0.39 is 0 Å². The fourth-order valence-corrected chi connectivity index (χ4v) is 2.54. The van der Waals surface area contributed by atoms with Crippen molar-refractivity contribution in [2.45, 2.75) is 0 Å². The number of nitrogens with one attached hydrogen (secondary N) is 1. The van der Waals surface area contributed by atoms with Crippen LogP contribution in [-0.4, -0.2) is 22.4 Å². The van der Waals surface area contributed by atoms with Gasteiger partial charge in [0.05, 0.1) is 0 Å². The highest BCUT2D eigenvalue weighted by Gasteiger charge is 2.11. The first-order chi connectivity index (χ1) is 12.3. The fourth-order valence-electron chi connectivity index (χ4n) is 2.05. The topological polar surface area (TPSA) is 62.6 Å². The summed E-state index contributed by atoms with van der Waals surface area (Å²) in [5.41, 5.74) is 2.41. The van der Waals surface area contributed by atoms with Crippen LogP contribution in [0.3, 0.4) is 0 Å². The third-order valence-electron chi connectivity index (χ3n) is 3.21. The Kier molecular flexibility index (Phi) is 6.02. The largest absolute Gasteiger partial charge is 0.406 e. The molecule has 7 heteroatoms. The maximum atomic E-state index is 5.29. The smallest absolute Gasteiger partial charge is 0.257 e. The quantitative estimate of drug-likeness (QED) is 0.317. The molecule has 0 aliphatic rings. The van der Waals surface area contributed by atoms with Crippen LogP contribution < -0.4 is 3.07 Å². The summed E-state index contributed by atoms with van der Waals surface area (Å²) >= 11 is 6.90. The van der Waals surface area contributed by atoms with E-state index in [9.17, 15) is 0 Å². The van der Waals surface area contributed by atoms with E-state index in [1.54, 1.807) is 35.4 Å². The number of nitrogens with zero attached hydrogens (tertiary/aromatic N) is 3. The van der Waals surface area contributed by atoms with Gasteiger partial charge in [0.1, 0.15) is 0 Å². The molecular weight excluding hydrogens is 447 g/mol.